The van der Waals surface area contributed by atoms with Crippen molar-refractivity contribution in [3.05, 3.63) is 17.5 Å². The van der Waals surface area contributed by atoms with E-state index in [2.05, 4.69) is 33.8 Å². The molecule has 0 unspecified atom stereocenters. The van der Waals surface area contributed by atoms with Crippen molar-refractivity contribution in [2.75, 3.05) is 5.75 Å². The Bertz CT molecular complexity index is 648. The number of hydrogen-bond donors (Lipinski definition) is 0. The average molecular weight is 317 g/mol. The van der Waals surface area contributed by atoms with Crippen molar-refractivity contribution in [1.29, 1.82) is 10.5 Å². The normalized spacial score (nSPS) is 11.8. The lowest BCUT2D eigenvalue weighted by Gasteiger charge is -2.08. The van der Waals surface area contributed by atoms with Crippen LogP contribution in [-0.4, -0.2) is 20.5 Å². The van der Waals surface area contributed by atoms with E-state index in [1.807, 2.05) is 17.5 Å². The van der Waals surface area contributed by atoms with E-state index >= 15 is 0 Å². The minimum atomic E-state index is -0.123. The van der Waals surface area contributed by atoms with Crippen LogP contribution >= 0.6 is 23.1 Å². The summed E-state index contributed by atoms with van der Waals surface area (Å²) in [5.41, 5.74) is 0. The second-order valence-corrected chi connectivity index (χ2v) is 6.30. The van der Waals surface area contributed by atoms with Crippen molar-refractivity contribution in [2.24, 2.45) is 5.92 Å². The molecule has 0 aliphatic carbocycles. The van der Waals surface area contributed by atoms with Crippen molar-refractivity contribution in [3.8, 4) is 22.8 Å². The van der Waals surface area contributed by atoms with Gasteiger partial charge in [0, 0.05) is 18.7 Å². The molecule has 0 amide bonds. The van der Waals surface area contributed by atoms with Crippen LogP contribution in [-0.2, 0) is 6.54 Å². The first-order chi connectivity index (χ1) is 10.3. The Morgan fingerprint density at radius 2 is 2.29 bits per heavy atom. The monoisotopic (exact) mass is 317 g/mol. The fourth-order valence-electron chi connectivity index (χ4n) is 1.87. The van der Waals surface area contributed by atoms with Crippen LogP contribution in [0.5, 0.6) is 0 Å². The third kappa shape index (κ3) is 3.84. The molecule has 0 saturated carbocycles. The molecule has 108 valence electrons. The van der Waals surface area contributed by atoms with Gasteiger partial charge < -0.3 is 4.57 Å². The predicted molar refractivity (Wildman–Crippen MR) is 83.7 cm³/mol. The second kappa shape index (κ2) is 7.82. The lowest BCUT2D eigenvalue weighted by molar-refractivity contribution is 0.669. The van der Waals surface area contributed by atoms with Gasteiger partial charge >= 0.3 is 0 Å². The predicted octanol–water partition coefficient (Wildman–Crippen LogP) is 3.56. The van der Waals surface area contributed by atoms with Gasteiger partial charge in [0.1, 0.15) is 0 Å². The van der Waals surface area contributed by atoms with E-state index in [-0.39, 0.29) is 5.92 Å². The molecule has 21 heavy (non-hydrogen) atoms. The number of rotatable bonds is 7. The maximum absolute atomic E-state index is 9.10. The number of hydrogen-bond acceptors (Lipinski definition) is 6. The highest BCUT2D eigenvalue weighted by atomic mass is 32.2. The topological polar surface area (TPSA) is 78.3 Å². The van der Waals surface area contributed by atoms with E-state index in [1.165, 1.54) is 11.8 Å². The smallest absolute Gasteiger partial charge is 0.191 e. The van der Waals surface area contributed by atoms with E-state index in [0.717, 1.165) is 22.4 Å². The molecule has 2 aromatic heterocycles. The first-order valence-corrected chi connectivity index (χ1v) is 8.53. The van der Waals surface area contributed by atoms with Crippen molar-refractivity contribution in [1.82, 2.24) is 14.8 Å². The van der Waals surface area contributed by atoms with Crippen LogP contribution in [0.2, 0.25) is 0 Å². The zero-order valence-corrected chi connectivity index (χ0v) is 13.3. The summed E-state index contributed by atoms with van der Waals surface area (Å²) in [7, 11) is 0. The summed E-state index contributed by atoms with van der Waals surface area (Å²) < 4.78 is 2.06. The zero-order valence-electron chi connectivity index (χ0n) is 11.7. The number of thioether (sulfide) groups is 1. The molecule has 0 aromatic carbocycles. The molecule has 0 radical (unpaired) electrons. The Kier molecular flexibility index (Phi) is 5.79. The Hall–Kier alpha value is -1.83. The first-order valence-electron chi connectivity index (χ1n) is 6.66. The van der Waals surface area contributed by atoms with Gasteiger partial charge in [-0.05, 0) is 24.8 Å². The molecule has 0 aliphatic rings. The molecule has 1 atom stereocenters. The molecule has 0 aliphatic heterocycles. The highest BCUT2D eigenvalue weighted by Crippen LogP contribution is 2.28. The van der Waals surface area contributed by atoms with Gasteiger partial charge in [-0.2, -0.15) is 10.5 Å². The van der Waals surface area contributed by atoms with Crippen LogP contribution in [0.3, 0.4) is 0 Å². The molecular weight excluding hydrogens is 302 g/mol. The Balaban J connectivity index is 2.08. The highest BCUT2D eigenvalue weighted by Gasteiger charge is 2.16. The molecule has 7 heteroatoms. The molecular formula is C14H15N5S2. The van der Waals surface area contributed by atoms with Crippen LogP contribution in [0.4, 0.5) is 0 Å². The molecule has 0 saturated heterocycles. The molecule has 0 bridgehead atoms. The van der Waals surface area contributed by atoms with Crippen LogP contribution in [0.25, 0.3) is 10.7 Å². The van der Waals surface area contributed by atoms with Crippen LogP contribution < -0.4 is 0 Å². The minimum Gasteiger partial charge on any atom is -0.302 e. The summed E-state index contributed by atoms with van der Waals surface area (Å²) in [5, 5.41) is 29.0. The van der Waals surface area contributed by atoms with Gasteiger partial charge in [-0.1, -0.05) is 17.8 Å². The second-order valence-electron chi connectivity index (χ2n) is 4.36. The SMILES string of the molecule is CCn1c(SC[C@@H](C#N)CCC#N)nnc1-c1cccs1. The molecule has 2 rings (SSSR count). The number of nitriles is 2. The van der Waals surface area contributed by atoms with E-state index in [4.69, 9.17) is 10.5 Å². The van der Waals surface area contributed by atoms with Crippen molar-refractivity contribution < 1.29 is 0 Å². The lowest BCUT2D eigenvalue weighted by atomic mass is 10.1. The number of thiophene rings is 1. The summed E-state index contributed by atoms with van der Waals surface area (Å²) in [4.78, 5) is 1.09. The fourth-order valence-corrected chi connectivity index (χ4v) is 3.65. The van der Waals surface area contributed by atoms with Gasteiger partial charge in [-0.25, -0.2) is 0 Å². The third-order valence-electron chi connectivity index (χ3n) is 2.98. The van der Waals surface area contributed by atoms with Crippen LogP contribution in [0.1, 0.15) is 19.8 Å². The highest BCUT2D eigenvalue weighted by molar-refractivity contribution is 7.99. The van der Waals surface area contributed by atoms with E-state index < -0.39 is 0 Å². The number of aromatic nitrogens is 3. The zero-order chi connectivity index (χ0) is 15.1. The molecule has 5 nitrogen and oxygen atoms in total. The summed E-state index contributed by atoms with van der Waals surface area (Å²) in [6.45, 7) is 2.85. The lowest BCUT2D eigenvalue weighted by Crippen LogP contribution is -2.03. The van der Waals surface area contributed by atoms with Crippen LogP contribution in [0.15, 0.2) is 22.7 Å². The summed E-state index contributed by atoms with van der Waals surface area (Å²) >= 11 is 3.17. The van der Waals surface area contributed by atoms with Gasteiger partial charge in [-0.15, -0.1) is 21.5 Å². The summed E-state index contributed by atoms with van der Waals surface area (Å²) in [6, 6.07) is 8.36. The maximum atomic E-state index is 9.10. The third-order valence-corrected chi connectivity index (χ3v) is 4.97. The first kappa shape index (κ1) is 15.6. The Labute approximate surface area is 132 Å². The minimum absolute atomic E-state index is 0.123. The van der Waals surface area contributed by atoms with Crippen LogP contribution in [0, 0.1) is 28.6 Å². The van der Waals surface area contributed by atoms with Gasteiger partial charge in [0.25, 0.3) is 0 Å². The van der Waals surface area contributed by atoms with Gasteiger partial charge in [0.15, 0.2) is 11.0 Å². The Morgan fingerprint density at radius 1 is 1.43 bits per heavy atom. The van der Waals surface area contributed by atoms with E-state index in [1.54, 1.807) is 11.3 Å². The van der Waals surface area contributed by atoms with E-state index in [0.29, 0.717) is 18.6 Å². The molecule has 2 heterocycles. The van der Waals surface area contributed by atoms with Crippen molar-refractivity contribution in [2.45, 2.75) is 31.5 Å². The quantitative estimate of drug-likeness (QED) is 0.730. The standard InChI is InChI=1S/C14H15N5S2/c1-2-19-13(12-6-4-8-20-12)17-18-14(19)21-10-11(9-16)5-3-7-15/h4,6,8,11H,2-3,5,10H2,1H3/t11-/m1/s1. The van der Waals surface area contributed by atoms with Gasteiger partial charge in [0.2, 0.25) is 0 Å². The largest absolute Gasteiger partial charge is 0.302 e. The van der Waals surface area contributed by atoms with Crippen molar-refractivity contribution >= 4 is 23.1 Å². The van der Waals surface area contributed by atoms with Crippen molar-refractivity contribution in [3.63, 3.8) is 0 Å². The summed E-state index contributed by atoms with van der Waals surface area (Å²) in [5.74, 6) is 1.39. The molecule has 0 spiro atoms. The summed E-state index contributed by atoms with van der Waals surface area (Å²) in [6.07, 6.45) is 1.03. The van der Waals surface area contributed by atoms with Gasteiger partial charge in [-0.3, -0.25) is 0 Å². The molecule has 0 N–H and O–H groups in total. The van der Waals surface area contributed by atoms with E-state index in [9.17, 15) is 0 Å². The number of nitrogens with zero attached hydrogens (tertiary/aromatic N) is 5. The molecule has 0 fully saturated rings. The Morgan fingerprint density at radius 3 is 2.90 bits per heavy atom. The maximum Gasteiger partial charge on any atom is 0.191 e. The molecule has 2 aromatic rings. The van der Waals surface area contributed by atoms with Gasteiger partial charge in [0.05, 0.1) is 22.9 Å². The average Bonchev–Trinajstić information content (AvgIpc) is 3.16. The fraction of sp³-hybridized carbons (Fsp3) is 0.429.